The minimum Gasteiger partial charge on any atom is -0.461 e. The first-order chi connectivity index (χ1) is 13.0. The highest BCUT2D eigenvalue weighted by Gasteiger charge is 2.23. The van der Waals surface area contributed by atoms with E-state index in [2.05, 4.69) is 5.10 Å². The van der Waals surface area contributed by atoms with Crippen LogP contribution in [0.2, 0.25) is 5.02 Å². The smallest absolute Gasteiger partial charge is 0.410 e. The third-order valence-electron chi connectivity index (χ3n) is 4.22. The second-order valence-corrected chi connectivity index (χ2v) is 6.87. The first kappa shape index (κ1) is 19.2. The monoisotopic (exact) mass is 391 g/mol. The van der Waals surface area contributed by atoms with Crippen molar-refractivity contribution in [3.8, 4) is 0 Å². The molecule has 7 nitrogen and oxygen atoms in total. The van der Waals surface area contributed by atoms with Crippen LogP contribution in [0.5, 0.6) is 0 Å². The van der Waals surface area contributed by atoms with E-state index in [4.69, 9.17) is 21.1 Å². The summed E-state index contributed by atoms with van der Waals surface area (Å²) in [6, 6.07) is 7.24. The van der Waals surface area contributed by atoms with E-state index in [0.717, 1.165) is 23.2 Å². The molecule has 1 amide bonds. The average Bonchev–Trinajstić information content (AvgIpc) is 2.91. The van der Waals surface area contributed by atoms with Gasteiger partial charge in [-0.1, -0.05) is 17.7 Å². The Hall–Kier alpha value is -2.54. The Kier molecular flexibility index (Phi) is 6.01. The van der Waals surface area contributed by atoms with Crippen molar-refractivity contribution in [2.45, 2.75) is 40.0 Å². The summed E-state index contributed by atoms with van der Waals surface area (Å²) < 4.78 is 12.2. The number of carbonyl (C=O) groups is 2. The van der Waals surface area contributed by atoms with Crippen LogP contribution in [0.15, 0.2) is 24.3 Å². The van der Waals surface area contributed by atoms with Gasteiger partial charge in [-0.2, -0.15) is 5.10 Å². The highest BCUT2D eigenvalue weighted by Crippen LogP contribution is 2.18. The molecule has 0 radical (unpaired) electrons. The number of aryl methyl sites for hydroxylation is 2. The molecule has 1 aliphatic heterocycles. The molecule has 0 unspecified atom stereocenters. The van der Waals surface area contributed by atoms with Crippen molar-refractivity contribution < 1.29 is 19.1 Å². The van der Waals surface area contributed by atoms with Crippen molar-refractivity contribution in [2.75, 3.05) is 13.2 Å². The number of ether oxygens (including phenoxy) is 2. The van der Waals surface area contributed by atoms with Gasteiger partial charge in [-0.3, -0.25) is 4.68 Å². The number of fused-ring (bicyclic) bond motifs is 1. The zero-order valence-electron chi connectivity index (χ0n) is 15.4. The standard InChI is InChI=1S/C19H22ClN3O4/c1-3-26-18(24)17-10-16-11-22(5-4-6-23(16)21-17)19(25)27-12-14-7-13(2)8-15(20)9-14/h7-10H,3-6,11-12H2,1-2H3. The Bertz CT molecular complexity index is 829. The zero-order valence-corrected chi connectivity index (χ0v) is 16.2. The number of rotatable bonds is 4. The van der Waals surface area contributed by atoms with Gasteiger partial charge >= 0.3 is 12.1 Å². The number of halogens is 1. The maximum absolute atomic E-state index is 12.5. The summed E-state index contributed by atoms with van der Waals surface area (Å²) in [6.07, 6.45) is 0.322. The lowest BCUT2D eigenvalue weighted by Crippen LogP contribution is -2.31. The van der Waals surface area contributed by atoms with Crippen molar-refractivity contribution in [3.05, 3.63) is 51.8 Å². The minimum atomic E-state index is -0.455. The topological polar surface area (TPSA) is 73.7 Å². The molecule has 2 aromatic rings. The second-order valence-electron chi connectivity index (χ2n) is 6.43. The van der Waals surface area contributed by atoms with Gasteiger partial charge in [0, 0.05) is 18.1 Å². The normalized spacial score (nSPS) is 13.7. The first-order valence-corrected chi connectivity index (χ1v) is 9.25. The Labute approximate surface area is 162 Å². The summed E-state index contributed by atoms with van der Waals surface area (Å²) >= 11 is 6.04. The summed E-state index contributed by atoms with van der Waals surface area (Å²) in [5.74, 6) is -0.455. The number of aromatic nitrogens is 2. The van der Waals surface area contributed by atoms with E-state index in [1.807, 2.05) is 19.1 Å². The summed E-state index contributed by atoms with van der Waals surface area (Å²) in [5, 5.41) is 4.90. The van der Waals surface area contributed by atoms with Crippen LogP contribution in [-0.4, -0.2) is 39.9 Å². The van der Waals surface area contributed by atoms with E-state index in [-0.39, 0.29) is 12.3 Å². The van der Waals surface area contributed by atoms with Crippen molar-refractivity contribution in [1.29, 1.82) is 0 Å². The van der Waals surface area contributed by atoms with Gasteiger partial charge in [0.25, 0.3) is 0 Å². The quantitative estimate of drug-likeness (QED) is 0.745. The van der Waals surface area contributed by atoms with Crippen molar-refractivity contribution in [3.63, 3.8) is 0 Å². The number of hydrogen-bond acceptors (Lipinski definition) is 5. The Morgan fingerprint density at radius 1 is 1.19 bits per heavy atom. The average molecular weight is 392 g/mol. The molecule has 2 heterocycles. The fourth-order valence-corrected chi connectivity index (χ4v) is 3.37. The third kappa shape index (κ3) is 4.80. The SMILES string of the molecule is CCOC(=O)c1cc2n(n1)CCCN(C(=O)OCc1cc(C)cc(Cl)c1)C2. The molecule has 0 atom stereocenters. The molecule has 0 aliphatic carbocycles. The van der Waals surface area contributed by atoms with Crippen LogP contribution in [0.3, 0.4) is 0 Å². The maximum Gasteiger partial charge on any atom is 0.410 e. The highest BCUT2D eigenvalue weighted by atomic mass is 35.5. The van der Waals surface area contributed by atoms with Crippen LogP contribution >= 0.6 is 11.6 Å². The number of carbonyl (C=O) groups excluding carboxylic acids is 2. The van der Waals surface area contributed by atoms with Gasteiger partial charge in [-0.25, -0.2) is 9.59 Å². The van der Waals surface area contributed by atoms with Crippen LogP contribution in [-0.2, 0) is 29.2 Å². The van der Waals surface area contributed by atoms with Gasteiger partial charge in [0.2, 0.25) is 0 Å². The fraction of sp³-hybridized carbons (Fsp3) is 0.421. The summed E-state index contributed by atoms with van der Waals surface area (Å²) in [5.41, 5.74) is 2.90. The second kappa shape index (κ2) is 8.43. The first-order valence-electron chi connectivity index (χ1n) is 8.88. The molecule has 0 N–H and O–H groups in total. The highest BCUT2D eigenvalue weighted by molar-refractivity contribution is 6.30. The number of benzene rings is 1. The number of hydrogen-bond donors (Lipinski definition) is 0. The van der Waals surface area contributed by atoms with Crippen LogP contribution < -0.4 is 0 Å². The molecule has 0 fully saturated rings. The molecule has 0 saturated carbocycles. The number of nitrogens with zero attached hydrogens (tertiary/aromatic N) is 3. The van der Waals surface area contributed by atoms with E-state index >= 15 is 0 Å². The molecule has 3 rings (SSSR count). The van der Waals surface area contributed by atoms with Gasteiger partial charge in [-0.05, 0) is 49.6 Å². The number of amides is 1. The predicted octanol–water partition coefficient (Wildman–Crippen LogP) is 3.56. The van der Waals surface area contributed by atoms with Crippen molar-refractivity contribution in [1.82, 2.24) is 14.7 Å². The molecule has 144 valence electrons. The summed E-state index contributed by atoms with van der Waals surface area (Å²) in [7, 11) is 0. The van der Waals surface area contributed by atoms with Crippen LogP contribution in [0.25, 0.3) is 0 Å². The Morgan fingerprint density at radius 2 is 2.00 bits per heavy atom. The van der Waals surface area contributed by atoms with Gasteiger partial charge < -0.3 is 14.4 Å². The lowest BCUT2D eigenvalue weighted by Gasteiger charge is -2.19. The van der Waals surface area contributed by atoms with Crippen LogP contribution in [0.1, 0.15) is 40.7 Å². The van der Waals surface area contributed by atoms with Crippen LogP contribution in [0.4, 0.5) is 4.79 Å². The third-order valence-corrected chi connectivity index (χ3v) is 4.44. The van der Waals surface area contributed by atoms with Gasteiger partial charge in [0.1, 0.15) is 6.61 Å². The van der Waals surface area contributed by atoms with Crippen molar-refractivity contribution >= 4 is 23.7 Å². The molecule has 1 aromatic carbocycles. The maximum atomic E-state index is 12.5. The van der Waals surface area contributed by atoms with Crippen LogP contribution in [0, 0.1) is 6.92 Å². The molecular formula is C19H22ClN3O4. The number of esters is 1. The van der Waals surface area contributed by atoms with Gasteiger partial charge in [0.15, 0.2) is 5.69 Å². The molecule has 1 aliphatic rings. The molecular weight excluding hydrogens is 370 g/mol. The fourth-order valence-electron chi connectivity index (χ4n) is 3.05. The van der Waals surface area contributed by atoms with E-state index in [1.54, 1.807) is 28.6 Å². The lowest BCUT2D eigenvalue weighted by atomic mass is 10.1. The Balaban J connectivity index is 1.65. The Morgan fingerprint density at radius 3 is 2.74 bits per heavy atom. The van der Waals surface area contributed by atoms with E-state index < -0.39 is 12.1 Å². The van der Waals surface area contributed by atoms with E-state index in [9.17, 15) is 9.59 Å². The molecule has 1 aromatic heterocycles. The molecule has 0 spiro atoms. The van der Waals surface area contributed by atoms with Crippen molar-refractivity contribution in [2.24, 2.45) is 0 Å². The van der Waals surface area contributed by atoms with E-state index in [1.165, 1.54) is 0 Å². The lowest BCUT2D eigenvalue weighted by molar-refractivity contribution is 0.0518. The molecule has 0 bridgehead atoms. The van der Waals surface area contributed by atoms with Gasteiger partial charge in [-0.15, -0.1) is 0 Å². The minimum absolute atomic E-state index is 0.157. The largest absolute Gasteiger partial charge is 0.461 e. The zero-order chi connectivity index (χ0) is 19.4. The molecule has 27 heavy (non-hydrogen) atoms. The molecule has 8 heteroatoms. The van der Waals surface area contributed by atoms with E-state index in [0.29, 0.717) is 31.3 Å². The summed E-state index contributed by atoms with van der Waals surface area (Å²) in [4.78, 5) is 26.0. The predicted molar refractivity (Wildman–Crippen MR) is 99.6 cm³/mol. The summed E-state index contributed by atoms with van der Waals surface area (Å²) in [6.45, 7) is 5.66. The molecule has 0 saturated heterocycles. The van der Waals surface area contributed by atoms with Gasteiger partial charge in [0.05, 0.1) is 18.8 Å².